The van der Waals surface area contributed by atoms with Gasteiger partial charge in [0.15, 0.2) is 5.16 Å². The predicted octanol–water partition coefficient (Wildman–Crippen LogP) is 8.14. The number of hydrogen-bond acceptors (Lipinski definition) is 4. The second-order valence-electron chi connectivity index (χ2n) is 10.0. The third-order valence-corrected chi connectivity index (χ3v) is 8.92. The number of imidazole rings is 1. The molecular formula is C35H28ClN3O2S. The lowest BCUT2D eigenvalue weighted by atomic mass is 9.91. The van der Waals surface area contributed by atoms with Gasteiger partial charge in [0, 0.05) is 35.0 Å². The van der Waals surface area contributed by atoms with E-state index in [-0.39, 0.29) is 5.56 Å². The predicted molar refractivity (Wildman–Crippen MR) is 173 cm³/mol. The van der Waals surface area contributed by atoms with E-state index in [1.165, 1.54) is 11.8 Å². The van der Waals surface area contributed by atoms with Crippen molar-refractivity contribution in [3.8, 4) is 22.3 Å². The molecule has 7 heteroatoms. The first-order chi connectivity index (χ1) is 20.4. The van der Waals surface area contributed by atoms with Crippen LogP contribution in [0.1, 0.15) is 22.9 Å². The van der Waals surface area contributed by atoms with Crippen LogP contribution < -0.4 is 5.56 Å². The van der Waals surface area contributed by atoms with Crippen molar-refractivity contribution in [3.63, 3.8) is 0 Å². The molecule has 208 valence electrons. The molecule has 0 spiro atoms. The minimum Gasteiger partial charge on any atom is -0.382 e. The van der Waals surface area contributed by atoms with Crippen molar-refractivity contribution >= 4 is 40.3 Å². The maximum absolute atomic E-state index is 13.9. The number of aliphatic hydroxyl groups excluding tert-OH is 1. The zero-order valence-electron chi connectivity index (χ0n) is 23.2. The highest BCUT2D eigenvalue weighted by Gasteiger charge is 2.27. The van der Waals surface area contributed by atoms with Gasteiger partial charge in [0.1, 0.15) is 6.10 Å². The Morgan fingerprint density at radius 1 is 0.905 bits per heavy atom. The van der Waals surface area contributed by atoms with Crippen molar-refractivity contribution in [2.75, 3.05) is 0 Å². The average Bonchev–Trinajstić information content (AvgIpc) is 3.38. The average molecular weight is 590 g/mol. The Balaban J connectivity index is 1.47. The van der Waals surface area contributed by atoms with Crippen LogP contribution in [0.5, 0.6) is 0 Å². The van der Waals surface area contributed by atoms with Crippen LogP contribution in [0.25, 0.3) is 39.2 Å². The maximum atomic E-state index is 13.9. The molecule has 6 rings (SSSR count). The van der Waals surface area contributed by atoms with Gasteiger partial charge in [0.2, 0.25) is 0 Å². The lowest BCUT2D eigenvalue weighted by Crippen LogP contribution is -2.26. The molecule has 0 saturated carbocycles. The lowest BCUT2D eigenvalue weighted by Gasteiger charge is -2.20. The van der Waals surface area contributed by atoms with E-state index in [9.17, 15) is 9.90 Å². The number of hydrogen-bond donors (Lipinski definition) is 1. The van der Waals surface area contributed by atoms with Gasteiger partial charge in [-0.15, -0.1) is 0 Å². The Kier molecular flexibility index (Phi) is 7.60. The summed E-state index contributed by atoms with van der Waals surface area (Å²) in [7, 11) is 3.60. The number of aliphatic hydroxyl groups is 1. The summed E-state index contributed by atoms with van der Waals surface area (Å²) in [6.45, 7) is 3.91. The largest absolute Gasteiger partial charge is 0.382 e. The normalized spacial score (nSPS) is 12.0. The van der Waals surface area contributed by atoms with Gasteiger partial charge in [0.05, 0.1) is 23.0 Å². The Labute approximate surface area is 253 Å². The summed E-state index contributed by atoms with van der Waals surface area (Å²) < 4.78 is 3.45. The van der Waals surface area contributed by atoms with Crippen LogP contribution in [-0.4, -0.2) is 19.2 Å². The highest BCUT2D eigenvalue weighted by atomic mass is 35.5. The van der Waals surface area contributed by atoms with Gasteiger partial charge in [-0.3, -0.25) is 4.79 Å². The van der Waals surface area contributed by atoms with Gasteiger partial charge in [-0.1, -0.05) is 103 Å². The van der Waals surface area contributed by atoms with Gasteiger partial charge < -0.3 is 14.2 Å². The number of rotatable bonds is 7. The molecule has 2 aromatic heterocycles. The van der Waals surface area contributed by atoms with E-state index in [1.54, 1.807) is 23.9 Å². The fraction of sp³-hybridized carbons (Fsp3) is 0.0857. The fourth-order valence-corrected chi connectivity index (χ4v) is 6.44. The maximum Gasteiger partial charge on any atom is 0.257 e. The third kappa shape index (κ3) is 4.98. The van der Waals surface area contributed by atoms with E-state index in [2.05, 4.69) is 17.6 Å². The van der Waals surface area contributed by atoms with E-state index in [1.807, 2.05) is 103 Å². The first kappa shape index (κ1) is 27.8. The topological polar surface area (TPSA) is 60.1 Å². The van der Waals surface area contributed by atoms with Gasteiger partial charge in [-0.25, -0.2) is 4.98 Å². The number of pyridine rings is 1. The molecule has 42 heavy (non-hydrogen) atoms. The molecule has 1 N–H and O–H groups in total. The van der Waals surface area contributed by atoms with Crippen LogP contribution in [0.15, 0.2) is 125 Å². The number of para-hydroxylation sites is 1. The van der Waals surface area contributed by atoms with Crippen molar-refractivity contribution in [2.24, 2.45) is 14.1 Å². The smallest absolute Gasteiger partial charge is 0.257 e. The molecule has 1 atom stereocenters. The summed E-state index contributed by atoms with van der Waals surface area (Å²) in [5, 5.41) is 14.2. The zero-order valence-corrected chi connectivity index (χ0v) is 24.7. The van der Waals surface area contributed by atoms with Crippen LogP contribution in [0.2, 0.25) is 5.02 Å². The van der Waals surface area contributed by atoms with E-state index in [0.717, 1.165) is 38.1 Å². The standard InChI is InChI=1S/C35H28ClN3O2S/c1-4-22-10-9-11-24(20-22)31-27-13-5-7-14-28(27)38(2)34(41)32(31)33(40)29-21-37-35(39(29)3)42-30-15-8-6-12-26(30)23-16-18-25(36)19-17-23/h4-21,33,40H,1H2,2-3H3. The highest BCUT2D eigenvalue weighted by Crippen LogP contribution is 2.39. The SMILES string of the molecule is C=Cc1cccc(-c2c(C(O)c3cnc(Sc4ccccc4-c4ccc(Cl)cc4)n3C)c(=O)n(C)c3ccccc23)c1. The highest BCUT2D eigenvalue weighted by molar-refractivity contribution is 7.99. The summed E-state index contributed by atoms with van der Waals surface area (Å²) in [5.41, 5.74) is 5.92. The minimum absolute atomic E-state index is 0.260. The number of halogens is 1. The van der Waals surface area contributed by atoms with Crippen LogP contribution in [-0.2, 0) is 14.1 Å². The number of benzene rings is 4. The van der Waals surface area contributed by atoms with E-state index >= 15 is 0 Å². The number of fused-ring (bicyclic) bond motifs is 1. The summed E-state index contributed by atoms with van der Waals surface area (Å²) in [6.07, 6.45) is 2.21. The molecule has 0 saturated heterocycles. The first-order valence-corrected chi connectivity index (χ1v) is 14.6. The van der Waals surface area contributed by atoms with Crippen molar-refractivity contribution in [3.05, 3.63) is 142 Å². The van der Waals surface area contributed by atoms with Crippen molar-refractivity contribution in [2.45, 2.75) is 16.2 Å². The van der Waals surface area contributed by atoms with E-state index in [0.29, 0.717) is 27.0 Å². The molecular weight excluding hydrogens is 562 g/mol. The first-order valence-electron chi connectivity index (χ1n) is 13.4. The van der Waals surface area contributed by atoms with Crippen LogP contribution in [0.3, 0.4) is 0 Å². The van der Waals surface area contributed by atoms with Crippen LogP contribution in [0.4, 0.5) is 0 Å². The molecule has 0 bridgehead atoms. The van der Waals surface area contributed by atoms with Crippen molar-refractivity contribution in [1.29, 1.82) is 0 Å². The molecule has 1 unspecified atom stereocenters. The zero-order chi connectivity index (χ0) is 29.4. The van der Waals surface area contributed by atoms with E-state index in [4.69, 9.17) is 11.6 Å². The van der Waals surface area contributed by atoms with Gasteiger partial charge in [-0.05, 0) is 52.6 Å². The Morgan fingerprint density at radius 3 is 2.43 bits per heavy atom. The molecule has 0 fully saturated rings. The van der Waals surface area contributed by atoms with E-state index < -0.39 is 6.10 Å². The molecule has 0 aliphatic rings. The van der Waals surface area contributed by atoms with Crippen molar-refractivity contribution < 1.29 is 5.11 Å². The Bertz CT molecular complexity index is 2010. The summed E-state index contributed by atoms with van der Waals surface area (Å²) in [5.74, 6) is 0. The van der Waals surface area contributed by atoms with Gasteiger partial charge in [-0.2, -0.15) is 0 Å². The molecule has 2 heterocycles. The summed E-state index contributed by atoms with van der Waals surface area (Å²) in [6, 6.07) is 31.4. The van der Waals surface area contributed by atoms with Crippen molar-refractivity contribution in [1.82, 2.24) is 14.1 Å². The van der Waals surface area contributed by atoms with Crippen LogP contribution in [0, 0.1) is 0 Å². The number of aromatic nitrogens is 3. The second-order valence-corrected chi connectivity index (χ2v) is 11.5. The summed E-state index contributed by atoms with van der Waals surface area (Å²) in [4.78, 5) is 19.6. The van der Waals surface area contributed by atoms with Gasteiger partial charge >= 0.3 is 0 Å². The molecule has 0 amide bonds. The molecule has 6 aromatic rings. The molecule has 0 aliphatic carbocycles. The molecule has 0 aliphatic heterocycles. The summed E-state index contributed by atoms with van der Waals surface area (Å²) >= 11 is 7.62. The second kappa shape index (κ2) is 11.5. The lowest BCUT2D eigenvalue weighted by molar-refractivity contribution is 0.209. The molecule has 0 radical (unpaired) electrons. The third-order valence-electron chi connectivity index (χ3n) is 7.53. The molecule has 4 aromatic carbocycles. The quantitative estimate of drug-likeness (QED) is 0.204. The van der Waals surface area contributed by atoms with Crippen LogP contribution >= 0.6 is 23.4 Å². The Morgan fingerprint density at radius 2 is 1.64 bits per heavy atom. The minimum atomic E-state index is -1.21. The Hall–Kier alpha value is -4.36. The molecule has 5 nitrogen and oxygen atoms in total. The fourth-order valence-electron chi connectivity index (χ4n) is 5.33. The number of nitrogens with zero attached hydrogens (tertiary/aromatic N) is 3. The van der Waals surface area contributed by atoms with Gasteiger partial charge in [0.25, 0.3) is 5.56 Å². The number of aryl methyl sites for hydroxylation is 1. The monoisotopic (exact) mass is 589 g/mol.